The fourth-order valence-electron chi connectivity index (χ4n) is 2.72. The first-order valence-corrected chi connectivity index (χ1v) is 7.46. The number of aliphatic hydroxyl groups excluding tert-OH is 7. The number of hydrogen-bond acceptors (Lipinski definition) is 11. The van der Waals surface area contributed by atoms with E-state index in [4.69, 9.17) is 24.1 Å². The van der Waals surface area contributed by atoms with Gasteiger partial charge >= 0.3 is 0 Å². The van der Waals surface area contributed by atoms with Crippen LogP contribution < -0.4 is 0 Å². The minimum absolute atomic E-state index is 0. The molecule has 158 valence electrons. The van der Waals surface area contributed by atoms with Gasteiger partial charge in [-0.05, 0) is 0 Å². The van der Waals surface area contributed by atoms with Crippen molar-refractivity contribution in [1.29, 1.82) is 0 Å². The molecule has 0 radical (unpaired) electrons. The van der Waals surface area contributed by atoms with Crippen molar-refractivity contribution < 1.29 is 54.7 Å². The number of hydrogen-bond donors (Lipinski definition) is 7. The van der Waals surface area contributed by atoms with Crippen molar-refractivity contribution in [2.24, 2.45) is 0 Å². The molecule has 0 spiro atoms. The normalized spacial score (nSPS) is 46.2. The molecule has 0 bridgehead atoms. The Hall–Kier alpha value is -0.440. The fourth-order valence-corrected chi connectivity index (χ4v) is 2.72. The molecule has 7 unspecified atom stereocenters. The van der Waals surface area contributed by atoms with Gasteiger partial charge in [0.05, 0.1) is 13.2 Å². The van der Waals surface area contributed by atoms with Gasteiger partial charge in [-0.1, -0.05) is 14.9 Å². The van der Waals surface area contributed by atoms with Gasteiger partial charge in [0.2, 0.25) is 0 Å². The van der Waals surface area contributed by atoms with E-state index in [1.54, 1.807) is 0 Å². The molecule has 2 rings (SSSR count). The molecule has 2 fully saturated rings. The zero-order valence-electron chi connectivity index (χ0n) is 13.0. The summed E-state index contributed by atoms with van der Waals surface area (Å²) >= 11 is 0. The highest BCUT2D eigenvalue weighted by molar-refractivity contribution is 4.93. The number of rotatable bonds is 5. The monoisotopic (exact) mass is 388 g/mol. The third-order valence-corrected chi connectivity index (χ3v) is 4.13. The quantitative estimate of drug-likeness (QED) is 0.249. The van der Waals surface area contributed by atoms with Crippen molar-refractivity contribution in [2.75, 3.05) is 20.3 Å². The van der Waals surface area contributed by atoms with Crippen molar-refractivity contribution >= 4 is 0 Å². The molecule has 0 aromatic rings. The van der Waals surface area contributed by atoms with Crippen molar-refractivity contribution in [2.45, 2.75) is 76.3 Å². The minimum atomic E-state index is -1.68. The lowest BCUT2D eigenvalue weighted by molar-refractivity contribution is -0.355. The molecule has 0 saturated carbocycles. The Morgan fingerprint density at radius 1 is 0.769 bits per heavy atom. The number of aliphatic hydroxyl groups is 7. The van der Waals surface area contributed by atoms with Crippen LogP contribution in [0.1, 0.15) is 14.9 Å². The van der Waals surface area contributed by atoms with E-state index in [9.17, 15) is 30.6 Å². The molecule has 0 aliphatic carbocycles. The van der Waals surface area contributed by atoms with E-state index in [0.717, 1.165) is 0 Å². The van der Waals surface area contributed by atoms with Gasteiger partial charge in [-0.3, -0.25) is 0 Å². The fraction of sp³-hybridized carbons (Fsp3) is 1.00. The summed E-state index contributed by atoms with van der Waals surface area (Å²) in [6.07, 6.45) is -14.8. The predicted octanol–water partition coefficient (Wildman–Crippen LogP) is -3.47. The van der Waals surface area contributed by atoms with Gasteiger partial charge in [0.25, 0.3) is 0 Å². The van der Waals surface area contributed by atoms with E-state index in [1.165, 1.54) is 7.11 Å². The predicted molar refractivity (Wildman–Crippen MR) is 86.9 cm³/mol. The van der Waals surface area contributed by atoms with Gasteiger partial charge in [-0.25, -0.2) is 0 Å². The third-order valence-electron chi connectivity index (χ3n) is 4.13. The molecule has 0 amide bonds. The molecular weight excluding hydrogens is 356 g/mol. The highest BCUT2D eigenvalue weighted by atomic mass is 16.7. The lowest BCUT2D eigenvalue weighted by Gasteiger charge is -2.45. The van der Waals surface area contributed by atoms with Crippen LogP contribution in [-0.2, 0) is 18.9 Å². The Balaban J connectivity index is 0.00000312. The summed E-state index contributed by atoms with van der Waals surface area (Å²) in [4.78, 5) is 0. The molecular formula is C15H32O11. The van der Waals surface area contributed by atoms with Crippen molar-refractivity contribution in [3.8, 4) is 0 Å². The highest BCUT2D eigenvalue weighted by Crippen LogP contribution is 2.28. The highest BCUT2D eigenvalue weighted by Gasteiger charge is 2.50. The van der Waals surface area contributed by atoms with E-state index in [2.05, 4.69) is 0 Å². The summed E-state index contributed by atoms with van der Waals surface area (Å²) in [5, 5.41) is 67.9. The summed E-state index contributed by atoms with van der Waals surface area (Å²) in [5.41, 5.74) is 0. The first kappa shape index (κ1) is 25.6. The smallest absolute Gasteiger partial charge is 0.187 e. The van der Waals surface area contributed by atoms with Crippen molar-refractivity contribution in [3.05, 3.63) is 0 Å². The molecule has 2 aliphatic heterocycles. The SMILES string of the molecule is C.C.COCC1OC(O)C(O)[C@H](O)C1OC1OC(CO)[C@@H](O)[C@@H](O)C1O. The third kappa shape index (κ3) is 5.09. The zero-order chi connectivity index (χ0) is 18.0. The average molecular weight is 388 g/mol. The average Bonchev–Trinajstić information content (AvgIpc) is 2.56. The molecule has 2 aliphatic rings. The van der Waals surface area contributed by atoms with Crippen molar-refractivity contribution in [1.82, 2.24) is 0 Å². The molecule has 26 heavy (non-hydrogen) atoms. The van der Waals surface area contributed by atoms with E-state index < -0.39 is 68.0 Å². The molecule has 0 aromatic heterocycles. The lowest BCUT2D eigenvalue weighted by Crippen LogP contribution is -2.64. The van der Waals surface area contributed by atoms with E-state index >= 15 is 0 Å². The number of ether oxygens (including phenoxy) is 4. The maximum absolute atomic E-state index is 10.1. The largest absolute Gasteiger partial charge is 0.394 e. The summed E-state index contributed by atoms with van der Waals surface area (Å²) in [7, 11) is 1.35. The Kier molecular flexibility index (Phi) is 10.6. The summed E-state index contributed by atoms with van der Waals surface area (Å²) < 4.78 is 20.6. The van der Waals surface area contributed by atoms with Gasteiger partial charge in [0, 0.05) is 7.11 Å². The molecule has 7 N–H and O–H groups in total. The second kappa shape index (κ2) is 10.8. The van der Waals surface area contributed by atoms with E-state index in [0.29, 0.717) is 0 Å². The van der Waals surface area contributed by atoms with Gasteiger partial charge in [0.15, 0.2) is 12.6 Å². The molecule has 10 atom stereocenters. The molecule has 2 heterocycles. The first-order valence-electron chi connectivity index (χ1n) is 7.46. The van der Waals surface area contributed by atoms with Crippen molar-refractivity contribution in [3.63, 3.8) is 0 Å². The van der Waals surface area contributed by atoms with Gasteiger partial charge in [0.1, 0.15) is 48.8 Å². The topological polar surface area (TPSA) is 179 Å². The van der Waals surface area contributed by atoms with Crippen LogP contribution in [0.15, 0.2) is 0 Å². The molecule has 11 nitrogen and oxygen atoms in total. The number of methoxy groups -OCH3 is 1. The summed E-state index contributed by atoms with van der Waals surface area (Å²) in [6.45, 7) is -0.750. The standard InChI is InChI=1S/C13H24O11.2CH4/c1-21-3-5-11(8(17)9(18)12(20)22-5)24-13-10(19)7(16)6(15)4(2-14)23-13;;/h4-20H,2-3H2,1H3;2*1H4/t4?,5?,6-,7-,8+,9?,10?,11?,12?,13?;;/m1../s1. The first-order chi connectivity index (χ1) is 11.3. The van der Waals surface area contributed by atoms with Gasteiger partial charge in [-0.15, -0.1) is 0 Å². The van der Waals surface area contributed by atoms with Crippen LogP contribution in [0.25, 0.3) is 0 Å². The Morgan fingerprint density at radius 3 is 1.92 bits per heavy atom. The maximum Gasteiger partial charge on any atom is 0.187 e. The van der Waals surface area contributed by atoms with E-state index in [1.807, 2.05) is 0 Å². The van der Waals surface area contributed by atoms with Gasteiger partial charge < -0.3 is 54.7 Å². The van der Waals surface area contributed by atoms with Crippen LogP contribution in [0.4, 0.5) is 0 Å². The van der Waals surface area contributed by atoms with Crippen LogP contribution in [0.3, 0.4) is 0 Å². The molecule has 0 aromatic carbocycles. The van der Waals surface area contributed by atoms with Crippen LogP contribution in [-0.4, -0.2) is 117 Å². The Morgan fingerprint density at radius 2 is 1.38 bits per heavy atom. The van der Waals surface area contributed by atoms with Crippen LogP contribution in [0.5, 0.6) is 0 Å². The van der Waals surface area contributed by atoms with E-state index in [-0.39, 0.29) is 21.5 Å². The minimum Gasteiger partial charge on any atom is -0.394 e. The molecule has 11 heteroatoms. The Bertz CT molecular complexity index is 396. The summed E-state index contributed by atoms with van der Waals surface area (Å²) in [5.74, 6) is 0. The maximum atomic E-state index is 10.1. The van der Waals surface area contributed by atoms with Gasteiger partial charge in [-0.2, -0.15) is 0 Å². The zero-order valence-corrected chi connectivity index (χ0v) is 13.0. The lowest BCUT2D eigenvalue weighted by atomic mass is 9.97. The second-order valence-corrected chi connectivity index (χ2v) is 5.80. The summed E-state index contributed by atoms with van der Waals surface area (Å²) in [6, 6.07) is 0. The molecule has 2 saturated heterocycles. The van der Waals surface area contributed by atoms with Crippen LogP contribution in [0.2, 0.25) is 0 Å². The van der Waals surface area contributed by atoms with Crippen LogP contribution in [0, 0.1) is 0 Å². The Labute approximate surface area is 152 Å². The van der Waals surface area contributed by atoms with Crippen LogP contribution >= 0.6 is 0 Å². The second-order valence-electron chi connectivity index (χ2n) is 5.80.